The summed E-state index contributed by atoms with van der Waals surface area (Å²) in [4.78, 5) is 25.3. The van der Waals surface area contributed by atoms with Crippen molar-refractivity contribution in [2.24, 2.45) is 17.8 Å². The molecule has 1 fully saturated rings. The number of pyridine rings is 1. The molecule has 1 aromatic rings. The Labute approximate surface area is 142 Å². The Morgan fingerprint density at radius 2 is 2.12 bits per heavy atom. The first-order valence-electron chi connectivity index (χ1n) is 8.67. The van der Waals surface area contributed by atoms with E-state index < -0.39 is 0 Å². The normalized spacial score (nSPS) is 24.5. The molecule has 5 heteroatoms. The molecule has 3 atom stereocenters. The molecule has 1 amide bonds. The van der Waals surface area contributed by atoms with Crippen molar-refractivity contribution in [2.45, 2.75) is 33.2 Å². The number of hydrogen-bond acceptors (Lipinski definition) is 3. The van der Waals surface area contributed by atoms with Gasteiger partial charge in [0.25, 0.3) is 11.5 Å². The minimum Gasteiger partial charge on any atom is -0.383 e. The number of hydrogen-bond donors (Lipinski definition) is 1. The van der Waals surface area contributed by atoms with Crippen LogP contribution in [0.15, 0.2) is 23.0 Å². The monoisotopic (exact) mass is 330 g/mol. The highest BCUT2D eigenvalue weighted by atomic mass is 16.5. The lowest BCUT2D eigenvalue weighted by Gasteiger charge is -2.19. The zero-order valence-electron chi connectivity index (χ0n) is 14.7. The molecule has 0 radical (unpaired) electrons. The molecule has 1 aromatic heterocycles. The molecule has 0 spiro atoms. The summed E-state index contributed by atoms with van der Waals surface area (Å²) >= 11 is 0. The SMILES string of the molecule is COCCn1c(C)cc(C)c(C(=O)NC[C@@H]2C[C@H]3C=C[C@@H]2C3)c1=O. The van der Waals surface area contributed by atoms with Crippen molar-refractivity contribution >= 4 is 5.91 Å². The van der Waals surface area contributed by atoms with Crippen LogP contribution >= 0.6 is 0 Å². The standard InChI is InChI=1S/C19H26N2O3/c1-12-8-13(2)21(6-7-24-3)19(23)17(12)18(22)20-11-16-10-14-4-5-15(16)9-14/h4-5,8,14-16H,6-7,9-11H2,1-3H3,(H,20,22)/t14-,15+,16-/m0/s1. The van der Waals surface area contributed by atoms with Crippen molar-refractivity contribution in [1.82, 2.24) is 9.88 Å². The lowest BCUT2D eigenvalue weighted by molar-refractivity contribution is 0.0941. The number of amides is 1. The number of carbonyl (C=O) groups excluding carboxylic acids is 1. The van der Waals surface area contributed by atoms with Crippen LogP contribution in [0.25, 0.3) is 0 Å². The molecule has 0 saturated heterocycles. The number of aryl methyl sites for hydroxylation is 2. The predicted molar refractivity (Wildman–Crippen MR) is 93.2 cm³/mol. The Morgan fingerprint density at radius 1 is 1.33 bits per heavy atom. The molecule has 3 rings (SSSR count). The van der Waals surface area contributed by atoms with E-state index in [4.69, 9.17) is 4.74 Å². The van der Waals surface area contributed by atoms with Gasteiger partial charge < -0.3 is 14.6 Å². The molecule has 1 heterocycles. The highest BCUT2D eigenvalue weighted by Gasteiger charge is 2.35. The zero-order chi connectivity index (χ0) is 17.3. The van der Waals surface area contributed by atoms with Gasteiger partial charge in [0.1, 0.15) is 5.56 Å². The van der Waals surface area contributed by atoms with Gasteiger partial charge in [-0.1, -0.05) is 12.2 Å². The van der Waals surface area contributed by atoms with Gasteiger partial charge in [-0.25, -0.2) is 0 Å². The number of allylic oxidation sites excluding steroid dienone is 2. The second-order valence-electron chi connectivity index (χ2n) is 7.04. The average molecular weight is 330 g/mol. The van der Waals surface area contributed by atoms with Crippen LogP contribution in [-0.4, -0.2) is 30.7 Å². The molecule has 0 unspecified atom stereocenters. The van der Waals surface area contributed by atoms with E-state index in [1.54, 1.807) is 11.7 Å². The maximum Gasteiger partial charge on any atom is 0.263 e. The van der Waals surface area contributed by atoms with Gasteiger partial charge in [-0.3, -0.25) is 9.59 Å². The summed E-state index contributed by atoms with van der Waals surface area (Å²) in [6.07, 6.45) is 6.93. The molecule has 0 aliphatic heterocycles. The van der Waals surface area contributed by atoms with E-state index in [-0.39, 0.29) is 17.0 Å². The number of nitrogens with zero attached hydrogens (tertiary/aromatic N) is 1. The number of methoxy groups -OCH3 is 1. The molecule has 24 heavy (non-hydrogen) atoms. The molecule has 2 aliphatic rings. The van der Waals surface area contributed by atoms with E-state index in [0.29, 0.717) is 37.5 Å². The largest absolute Gasteiger partial charge is 0.383 e. The Morgan fingerprint density at radius 3 is 2.75 bits per heavy atom. The molecular weight excluding hydrogens is 304 g/mol. The Hall–Kier alpha value is -1.88. The van der Waals surface area contributed by atoms with Crippen LogP contribution < -0.4 is 10.9 Å². The highest BCUT2D eigenvalue weighted by molar-refractivity contribution is 5.95. The summed E-state index contributed by atoms with van der Waals surface area (Å²) in [7, 11) is 1.60. The Balaban J connectivity index is 1.74. The summed E-state index contributed by atoms with van der Waals surface area (Å²) in [5.41, 5.74) is 1.62. The van der Waals surface area contributed by atoms with E-state index in [1.165, 1.54) is 6.42 Å². The first-order valence-corrected chi connectivity index (χ1v) is 8.67. The van der Waals surface area contributed by atoms with Crippen molar-refractivity contribution in [3.63, 3.8) is 0 Å². The number of ether oxygens (including phenoxy) is 1. The van der Waals surface area contributed by atoms with Gasteiger partial charge >= 0.3 is 0 Å². The number of aromatic nitrogens is 1. The maximum atomic E-state index is 12.7. The van der Waals surface area contributed by atoms with Gasteiger partial charge in [0.15, 0.2) is 0 Å². The third-order valence-corrected chi connectivity index (χ3v) is 5.39. The molecule has 130 valence electrons. The second kappa shape index (κ2) is 6.93. The van der Waals surface area contributed by atoms with Gasteiger partial charge in [-0.15, -0.1) is 0 Å². The highest BCUT2D eigenvalue weighted by Crippen LogP contribution is 2.42. The number of rotatable bonds is 6. The number of nitrogens with one attached hydrogen (secondary N) is 1. The van der Waals surface area contributed by atoms with E-state index >= 15 is 0 Å². The van der Waals surface area contributed by atoms with Gasteiger partial charge in [-0.2, -0.15) is 0 Å². The Bertz CT molecular complexity index is 720. The van der Waals surface area contributed by atoms with Gasteiger partial charge in [0.05, 0.1) is 6.61 Å². The van der Waals surface area contributed by atoms with Crippen LogP contribution in [0, 0.1) is 31.6 Å². The Kier molecular flexibility index (Phi) is 4.90. The zero-order valence-corrected chi connectivity index (χ0v) is 14.7. The minimum atomic E-state index is -0.254. The van der Waals surface area contributed by atoms with Gasteiger partial charge in [0, 0.05) is 25.9 Å². The average Bonchev–Trinajstić information content (AvgIpc) is 3.15. The summed E-state index contributed by atoms with van der Waals surface area (Å²) in [5, 5.41) is 2.99. The molecule has 2 bridgehead atoms. The van der Waals surface area contributed by atoms with Crippen molar-refractivity contribution in [2.75, 3.05) is 20.3 Å². The predicted octanol–water partition coefficient (Wildman–Crippen LogP) is 2.05. The van der Waals surface area contributed by atoms with Crippen LogP contribution in [0.3, 0.4) is 0 Å². The van der Waals surface area contributed by atoms with Crippen molar-refractivity contribution < 1.29 is 9.53 Å². The fourth-order valence-electron chi connectivity index (χ4n) is 4.11. The first-order chi connectivity index (χ1) is 11.5. The molecular formula is C19H26N2O3. The quantitative estimate of drug-likeness (QED) is 0.812. The lowest BCUT2D eigenvalue weighted by atomic mass is 9.93. The van der Waals surface area contributed by atoms with Crippen LogP contribution in [0.5, 0.6) is 0 Å². The van der Waals surface area contributed by atoms with Gasteiger partial charge in [0.2, 0.25) is 0 Å². The van der Waals surface area contributed by atoms with Crippen LogP contribution in [0.2, 0.25) is 0 Å². The molecule has 0 aromatic carbocycles. The summed E-state index contributed by atoms with van der Waals surface area (Å²) in [6, 6.07) is 1.90. The maximum absolute atomic E-state index is 12.7. The fourth-order valence-corrected chi connectivity index (χ4v) is 4.11. The van der Waals surface area contributed by atoms with Gasteiger partial charge in [-0.05, 0) is 56.1 Å². The lowest BCUT2D eigenvalue weighted by Crippen LogP contribution is -2.38. The van der Waals surface area contributed by atoms with Crippen molar-refractivity contribution in [3.8, 4) is 0 Å². The molecule has 1 N–H and O–H groups in total. The molecule has 2 aliphatic carbocycles. The third-order valence-electron chi connectivity index (χ3n) is 5.39. The van der Waals surface area contributed by atoms with E-state index in [9.17, 15) is 9.59 Å². The first kappa shape index (κ1) is 17.0. The smallest absolute Gasteiger partial charge is 0.263 e. The molecule has 1 saturated carbocycles. The van der Waals surface area contributed by atoms with Crippen LogP contribution in [0.4, 0.5) is 0 Å². The second-order valence-corrected chi connectivity index (χ2v) is 7.04. The van der Waals surface area contributed by atoms with Crippen LogP contribution in [0.1, 0.15) is 34.5 Å². The van der Waals surface area contributed by atoms with Crippen molar-refractivity contribution in [3.05, 3.63) is 45.4 Å². The summed E-state index contributed by atoms with van der Waals surface area (Å²) in [6.45, 7) is 5.26. The minimum absolute atomic E-state index is 0.227. The van der Waals surface area contributed by atoms with E-state index in [1.807, 2.05) is 19.9 Å². The fraction of sp³-hybridized carbons (Fsp3) is 0.579. The van der Waals surface area contributed by atoms with E-state index in [2.05, 4.69) is 17.5 Å². The topological polar surface area (TPSA) is 60.3 Å². The number of carbonyl (C=O) groups is 1. The summed E-state index contributed by atoms with van der Waals surface area (Å²) < 4.78 is 6.68. The van der Waals surface area contributed by atoms with Crippen molar-refractivity contribution in [1.29, 1.82) is 0 Å². The third kappa shape index (κ3) is 3.18. The number of fused-ring (bicyclic) bond motifs is 2. The van der Waals surface area contributed by atoms with Crippen LogP contribution in [-0.2, 0) is 11.3 Å². The van der Waals surface area contributed by atoms with E-state index in [0.717, 1.165) is 17.7 Å². The summed E-state index contributed by atoms with van der Waals surface area (Å²) in [5.74, 6) is 1.53. The molecule has 5 nitrogen and oxygen atoms in total.